The van der Waals surface area contributed by atoms with Gasteiger partial charge >= 0.3 is 0 Å². The second-order valence-electron chi connectivity index (χ2n) is 8.63. The molecule has 2 fully saturated rings. The summed E-state index contributed by atoms with van der Waals surface area (Å²) >= 11 is 16.4. The SMILES string of the molecule is Cl.O=C(C(CC1CCNCC1)c1sccc1Cl)C(CC1CCNCC1)c1sccc1Cl. The molecular weight excluding hydrogens is 491 g/mol. The Morgan fingerprint density at radius 2 is 1.23 bits per heavy atom. The lowest BCUT2D eigenvalue weighted by molar-refractivity contribution is -0.122. The lowest BCUT2D eigenvalue weighted by atomic mass is 9.77. The molecule has 2 aliphatic rings. The molecule has 2 unspecified atom stereocenters. The fourth-order valence-corrected chi connectivity index (χ4v) is 7.58. The van der Waals surface area contributed by atoms with E-state index in [1.807, 2.05) is 22.9 Å². The van der Waals surface area contributed by atoms with Crippen LogP contribution < -0.4 is 10.6 Å². The van der Waals surface area contributed by atoms with E-state index in [2.05, 4.69) is 10.6 Å². The Labute approximate surface area is 209 Å². The fraction of sp³-hybridized carbons (Fsp3) is 0.609. The Balaban J connectivity index is 0.00000272. The van der Waals surface area contributed by atoms with Crippen molar-refractivity contribution in [2.75, 3.05) is 26.2 Å². The Bertz CT molecular complexity index is 762. The van der Waals surface area contributed by atoms with E-state index in [9.17, 15) is 4.79 Å². The van der Waals surface area contributed by atoms with Crippen LogP contribution in [-0.2, 0) is 4.79 Å². The largest absolute Gasteiger partial charge is 0.317 e. The van der Waals surface area contributed by atoms with Crippen LogP contribution in [0.4, 0.5) is 0 Å². The molecule has 0 aliphatic carbocycles. The number of carbonyl (C=O) groups excluding carboxylic acids is 1. The molecule has 2 atom stereocenters. The van der Waals surface area contributed by atoms with Gasteiger partial charge in [0.25, 0.3) is 0 Å². The van der Waals surface area contributed by atoms with Crippen LogP contribution in [-0.4, -0.2) is 32.0 Å². The van der Waals surface area contributed by atoms with Gasteiger partial charge < -0.3 is 10.6 Å². The Kier molecular flexibility index (Phi) is 10.2. The predicted octanol–water partition coefficient (Wildman–Crippen LogP) is 6.75. The lowest BCUT2D eigenvalue weighted by Crippen LogP contribution is -2.32. The van der Waals surface area contributed by atoms with Gasteiger partial charge in [0.05, 0.1) is 21.9 Å². The van der Waals surface area contributed by atoms with Crippen molar-refractivity contribution in [3.8, 4) is 0 Å². The van der Waals surface area contributed by atoms with E-state index in [0.29, 0.717) is 17.6 Å². The van der Waals surface area contributed by atoms with Crippen molar-refractivity contribution in [1.29, 1.82) is 0 Å². The molecule has 0 spiro atoms. The quantitative estimate of drug-likeness (QED) is 0.403. The van der Waals surface area contributed by atoms with E-state index in [0.717, 1.165) is 84.5 Å². The zero-order chi connectivity index (χ0) is 20.9. The van der Waals surface area contributed by atoms with Gasteiger partial charge in [0, 0.05) is 9.75 Å². The van der Waals surface area contributed by atoms with Crippen molar-refractivity contribution >= 4 is 64.1 Å². The number of Topliss-reactive ketones (excluding diaryl/α,β-unsaturated/α-hetero) is 1. The summed E-state index contributed by atoms with van der Waals surface area (Å²) in [6.07, 6.45) is 6.31. The van der Waals surface area contributed by atoms with Gasteiger partial charge in [-0.2, -0.15) is 0 Å². The molecule has 2 aromatic heterocycles. The number of carbonyl (C=O) groups is 1. The van der Waals surface area contributed by atoms with Crippen LogP contribution in [0, 0.1) is 11.8 Å². The van der Waals surface area contributed by atoms with Gasteiger partial charge in [-0.05, 0) is 99.4 Å². The number of piperidine rings is 2. The molecule has 0 aromatic carbocycles. The summed E-state index contributed by atoms with van der Waals surface area (Å²) in [5.41, 5.74) is 0. The molecule has 2 saturated heterocycles. The second kappa shape index (κ2) is 12.4. The number of ketones is 1. The number of rotatable bonds is 8. The second-order valence-corrected chi connectivity index (χ2v) is 11.3. The van der Waals surface area contributed by atoms with Crippen LogP contribution in [0.3, 0.4) is 0 Å². The number of halogens is 3. The van der Waals surface area contributed by atoms with Crippen LogP contribution >= 0.6 is 58.3 Å². The highest BCUT2D eigenvalue weighted by Gasteiger charge is 2.36. The average Bonchev–Trinajstić information content (AvgIpc) is 3.39. The standard InChI is InChI=1S/C23H30Cl2N2OS2.ClH/c24-19-5-11-29-22(19)17(13-15-1-7-26-8-2-15)21(28)18(23-20(25)6-12-30-23)14-16-3-9-27-10-4-16;/h5-6,11-12,15-18,26-27H,1-4,7-10,13-14H2;1H. The third kappa shape index (κ3) is 6.47. The summed E-state index contributed by atoms with van der Waals surface area (Å²) in [4.78, 5) is 16.2. The Morgan fingerprint density at radius 1 is 0.839 bits per heavy atom. The molecule has 0 saturated carbocycles. The normalized spacial score (nSPS) is 20.2. The van der Waals surface area contributed by atoms with Crippen molar-refractivity contribution in [2.45, 2.75) is 50.4 Å². The maximum Gasteiger partial charge on any atom is 0.149 e. The van der Waals surface area contributed by atoms with Crippen LogP contribution in [0.2, 0.25) is 10.0 Å². The summed E-state index contributed by atoms with van der Waals surface area (Å²) < 4.78 is 0. The first-order valence-corrected chi connectivity index (χ1v) is 13.6. The third-order valence-corrected chi connectivity index (χ3v) is 9.61. The molecule has 0 amide bonds. The first-order valence-electron chi connectivity index (χ1n) is 11.0. The van der Waals surface area contributed by atoms with Gasteiger partial charge in [-0.25, -0.2) is 0 Å². The molecule has 8 heteroatoms. The highest BCUT2D eigenvalue weighted by Crippen LogP contribution is 2.44. The van der Waals surface area contributed by atoms with Crippen molar-refractivity contribution in [1.82, 2.24) is 10.6 Å². The smallest absolute Gasteiger partial charge is 0.149 e. The number of hydrogen-bond donors (Lipinski definition) is 2. The van der Waals surface area contributed by atoms with E-state index < -0.39 is 0 Å². The van der Waals surface area contributed by atoms with Crippen molar-refractivity contribution in [2.24, 2.45) is 11.8 Å². The minimum Gasteiger partial charge on any atom is -0.317 e. The monoisotopic (exact) mass is 520 g/mol. The van der Waals surface area contributed by atoms with Crippen LogP contribution in [0.1, 0.15) is 60.1 Å². The first-order chi connectivity index (χ1) is 14.6. The van der Waals surface area contributed by atoms with Crippen LogP contribution in [0.15, 0.2) is 22.9 Å². The topological polar surface area (TPSA) is 41.1 Å². The highest BCUT2D eigenvalue weighted by molar-refractivity contribution is 7.11. The van der Waals surface area contributed by atoms with E-state index in [-0.39, 0.29) is 24.2 Å². The zero-order valence-corrected chi connectivity index (χ0v) is 21.5. The van der Waals surface area contributed by atoms with E-state index in [1.54, 1.807) is 22.7 Å². The van der Waals surface area contributed by atoms with Crippen LogP contribution in [0.5, 0.6) is 0 Å². The summed E-state index contributed by atoms with van der Waals surface area (Å²) in [5, 5.41) is 12.4. The van der Waals surface area contributed by atoms with Gasteiger partial charge in [0.15, 0.2) is 0 Å². The molecule has 2 aromatic rings. The predicted molar refractivity (Wildman–Crippen MR) is 137 cm³/mol. The third-order valence-electron chi connectivity index (χ3n) is 6.66. The van der Waals surface area contributed by atoms with Gasteiger partial charge in [-0.3, -0.25) is 4.79 Å². The number of hydrogen-bond acceptors (Lipinski definition) is 5. The van der Waals surface area contributed by atoms with Gasteiger partial charge in [0.1, 0.15) is 5.78 Å². The minimum absolute atomic E-state index is 0. The van der Waals surface area contributed by atoms with Gasteiger partial charge in [-0.15, -0.1) is 35.1 Å². The Morgan fingerprint density at radius 3 is 1.55 bits per heavy atom. The van der Waals surface area contributed by atoms with Crippen molar-refractivity contribution < 1.29 is 4.79 Å². The zero-order valence-electron chi connectivity index (χ0n) is 17.6. The summed E-state index contributed by atoms with van der Waals surface area (Å²) in [7, 11) is 0. The van der Waals surface area contributed by atoms with Crippen molar-refractivity contribution in [3.05, 3.63) is 42.7 Å². The van der Waals surface area contributed by atoms with E-state index >= 15 is 0 Å². The molecule has 0 bridgehead atoms. The first kappa shape index (κ1) is 25.5. The highest BCUT2D eigenvalue weighted by atomic mass is 35.5. The minimum atomic E-state index is -0.134. The average molecular weight is 522 g/mol. The summed E-state index contributed by atoms with van der Waals surface area (Å²) in [5.74, 6) is 1.19. The molecule has 31 heavy (non-hydrogen) atoms. The Hall–Kier alpha value is -0.140. The molecule has 4 rings (SSSR count). The number of nitrogens with one attached hydrogen (secondary N) is 2. The molecule has 4 heterocycles. The fourth-order valence-electron chi connectivity index (χ4n) is 4.96. The molecule has 172 valence electrons. The summed E-state index contributed by atoms with van der Waals surface area (Å²) in [6, 6.07) is 3.87. The molecule has 2 aliphatic heterocycles. The number of thiophene rings is 2. The maximum absolute atomic E-state index is 14.2. The van der Waals surface area contributed by atoms with Gasteiger partial charge in [0.2, 0.25) is 0 Å². The summed E-state index contributed by atoms with van der Waals surface area (Å²) in [6.45, 7) is 4.16. The van der Waals surface area contributed by atoms with E-state index in [1.165, 1.54) is 0 Å². The van der Waals surface area contributed by atoms with Gasteiger partial charge in [-0.1, -0.05) is 23.2 Å². The molecule has 3 nitrogen and oxygen atoms in total. The maximum atomic E-state index is 14.2. The van der Waals surface area contributed by atoms with E-state index in [4.69, 9.17) is 23.2 Å². The molecule has 0 radical (unpaired) electrons. The van der Waals surface area contributed by atoms with Crippen molar-refractivity contribution in [3.63, 3.8) is 0 Å². The molecular formula is C23H31Cl3N2OS2. The molecule has 2 N–H and O–H groups in total. The lowest BCUT2D eigenvalue weighted by Gasteiger charge is -2.31. The van der Waals surface area contributed by atoms with Crippen LogP contribution in [0.25, 0.3) is 0 Å².